The molecule has 20 heavy (non-hydrogen) atoms. The average molecular weight is 275 g/mol. The Labute approximate surface area is 118 Å². The minimum absolute atomic E-state index is 0.102. The Bertz CT molecular complexity index is 586. The van der Waals surface area contributed by atoms with Crippen LogP contribution in [0.15, 0.2) is 42.5 Å². The summed E-state index contributed by atoms with van der Waals surface area (Å²) < 4.78 is 18.9. The predicted molar refractivity (Wildman–Crippen MR) is 77.8 cm³/mol. The lowest BCUT2D eigenvalue weighted by molar-refractivity contribution is 0.370. The van der Waals surface area contributed by atoms with Gasteiger partial charge in [0.1, 0.15) is 5.82 Å². The van der Waals surface area contributed by atoms with Gasteiger partial charge in [-0.05, 0) is 25.1 Å². The van der Waals surface area contributed by atoms with Gasteiger partial charge in [0.2, 0.25) is 0 Å². The fourth-order valence-electron chi connectivity index (χ4n) is 2.14. The van der Waals surface area contributed by atoms with Gasteiger partial charge < -0.3 is 14.7 Å². The van der Waals surface area contributed by atoms with Crippen LogP contribution in [0, 0.1) is 5.82 Å². The minimum atomic E-state index is -0.267. The van der Waals surface area contributed by atoms with Crippen molar-refractivity contribution in [2.75, 3.05) is 18.6 Å². The lowest BCUT2D eigenvalue weighted by Crippen LogP contribution is -2.23. The maximum Gasteiger partial charge on any atom is 0.162 e. The van der Waals surface area contributed by atoms with E-state index < -0.39 is 0 Å². The van der Waals surface area contributed by atoms with Crippen LogP contribution in [0.4, 0.5) is 10.1 Å². The summed E-state index contributed by atoms with van der Waals surface area (Å²) in [5, 5.41) is 10.1. The third kappa shape index (κ3) is 2.85. The van der Waals surface area contributed by atoms with Gasteiger partial charge in [-0.25, -0.2) is 4.39 Å². The number of rotatable bonds is 5. The number of methoxy groups -OCH3 is 1. The second-order valence-electron chi connectivity index (χ2n) is 4.43. The number of phenolic OH excluding ortho intramolecular Hbond substituents is 1. The molecule has 1 N–H and O–H groups in total. The van der Waals surface area contributed by atoms with Crippen LogP contribution in [0.3, 0.4) is 0 Å². The zero-order valence-corrected chi connectivity index (χ0v) is 11.6. The highest BCUT2D eigenvalue weighted by molar-refractivity contribution is 5.51. The Hall–Kier alpha value is -2.23. The van der Waals surface area contributed by atoms with E-state index >= 15 is 0 Å². The fraction of sp³-hybridized carbons (Fsp3) is 0.250. The van der Waals surface area contributed by atoms with Crippen LogP contribution < -0.4 is 9.64 Å². The normalized spacial score (nSPS) is 10.3. The van der Waals surface area contributed by atoms with Crippen molar-refractivity contribution in [2.45, 2.75) is 13.5 Å². The first-order valence-corrected chi connectivity index (χ1v) is 6.51. The quantitative estimate of drug-likeness (QED) is 0.905. The molecule has 0 fully saturated rings. The van der Waals surface area contributed by atoms with Crippen molar-refractivity contribution in [3.63, 3.8) is 0 Å². The van der Waals surface area contributed by atoms with Gasteiger partial charge >= 0.3 is 0 Å². The molecule has 0 unspecified atom stereocenters. The smallest absolute Gasteiger partial charge is 0.162 e. The summed E-state index contributed by atoms with van der Waals surface area (Å²) in [4.78, 5) is 1.86. The standard InChI is InChI=1S/C16H18FNO2/c1-3-18(14-9-5-4-8-13(14)17)11-12-7-6-10-15(20-2)16(12)19/h4-10,19H,3,11H2,1-2H3. The zero-order valence-electron chi connectivity index (χ0n) is 11.6. The summed E-state index contributed by atoms with van der Waals surface area (Å²) in [6.45, 7) is 3.00. The molecule has 0 aliphatic carbocycles. The molecule has 0 bridgehead atoms. The molecule has 3 nitrogen and oxygen atoms in total. The van der Waals surface area contributed by atoms with E-state index in [1.807, 2.05) is 17.9 Å². The summed E-state index contributed by atoms with van der Waals surface area (Å²) in [7, 11) is 1.51. The molecule has 0 heterocycles. The van der Waals surface area contributed by atoms with E-state index in [1.165, 1.54) is 13.2 Å². The average Bonchev–Trinajstić information content (AvgIpc) is 2.47. The highest BCUT2D eigenvalue weighted by Crippen LogP contribution is 2.31. The Morgan fingerprint density at radius 2 is 1.90 bits per heavy atom. The first-order chi connectivity index (χ1) is 9.67. The monoisotopic (exact) mass is 275 g/mol. The molecule has 0 spiro atoms. The van der Waals surface area contributed by atoms with Crippen molar-refractivity contribution in [3.8, 4) is 11.5 Å². The molecule has 0 saturated heterocycles. The first-order valence-electron chi connectivity index (χ1n) is 6.51. The molecule has 0 aliphatic rings. The Morgan fingerprint density at radius 1 is 1.15 bits per heavy atom. The third-order valence-corrected chi connectivity index (χ3v) is 3.24. The molecule has 4 heteroatoms. The van der Waals surface area contributed by atoms with Gasteiger partial charge in [0, 0.05) is 18.7 Å². The molecule has 0 aliphatic heterocycles. The van der Waals surface area contributed by atoms with Crippen LogP contribution in [-0.2, 0) is 6.54 Å². The van der Waals surface area contributed by atoms with Crippen LogP contribution in [0.25, 0.3) is 0 Å². The Morgan fingerprint density at radius 3 is 2.55 bits per heavy atom. The van der Waals surface area contributed by atoms with Crippen molar-refractivity contribution in [3.05, 3.63) is 53.8 Å². The predicted octanol–water partition coefficient (Wildman–Crippen LogP) is 3.57. The van der Waals surface area contributed by atoms with Gasteiger partial charge in [-0.1, -0.05) is 24.3 Å². The van der Waals surface area contributed by atoms with E-state index in [9.17, 15) is 9.50 Å². The van der Waals surface area contributed by atoms with Crippen LogP contribution in [-0.4, -0.2) is 18.8 Å². The maximum atomic E-state index is 13.8. The number of benzene rings is 2. The van der Waals surface area contributed by atoms with Gasteiger partial charge in [-0.2, -0.15) is 0 Å². The van der Waals surface area contributed by atoms with Crippen LogP contribution in [0.1, 0.15) is 12.5 Å². The molecule has 0 amide bonds. The van der Waals surface area contributed by atoms with E-state index in [4.69, 9.17) is 4.74 Å². The Kier molecular flexibility index (Phi) is 4.45. The third-order valence-electron chi connectivity index (χ3n) is 3.24. The molecule has 0 radical (unpaired) electrons. The minimum Gasteiger partial charge on any atom is -0.504 e. The van der Waals surface area contributed by atoms with E-state index in [1.54, 1.807) is 30.3 Å². The lowest BCUT2D eigenvalue weighted by atomic mass is 10.1. The highest BCUT2D eigenvalue weighted by atomic mass is 19.1. The molecule has 2 rings (SSSR count). The van der Waals surface area contributed by atoms with Gasteiger partial charge in [-0.15, -0.1) is 0 Å². The lowest BCUT2D eigenvalue weighted by Gasteiger charge is -2.24. The van der Waals surface area contributed by atoms with Crippen LogP contribution in [0.5, 0.6) is 11.5 Å². The number of aromatic hydroxyl groups is 1. The first kappa shape index (κ1) is 14.2. The van der Waals surface area contributed by atoms with Gasteiger partial charge in [0.15, 0.2) is 11.5 Å². The molecule has 2 aromatic carbocycles. The summed E-state index contributed by atoms with van der Waals surface area (Å²) in [6, 6.07) is 11.9. The van der Waals surface area contributed by atoms with Crippen molar-refractivity contribution < 1.29 is 14.2 Å². The van der Waals surface area contributed by atoms with Crippen LogP contribution in [0.2, 0.25) is 0 Å². The van der Waals surface area contributed by atoms with Gasteiger partial charge in [0.25, 0.3) is 0 Å². The molecule has 0 atom stereocenters. The second kappa shape index (κ2) is 6.28. The second-order valence-corrected chi connectivity index (χ2v) is 4.43. The van der Waals surface area contributed by atoms with E-state index in [0.29, 0.717) is 30.1 Å². The zero-order chi connectivity index (χ0) is 14.5. The number of anilines is 1. The summed E-state index contributed by atoms with van der Waals surface area (Å²) >= 11 is 0. The number of para-hydroxylation sites is 2. The number of hydrogen-bond donors (Lipinski definition) is 1. The molecule has 106 valence electrons. The molecular weight excluding hydrogens is 257 g/mol. The van der Waals surface area contributed by atoms with E-state index in [0.717, 1.165) is 0 Å². The van der Waals surface area contributed by atoms with Crippen LogP contribution >= 0.6 is 0 Å². The summed E-state index contributed by atoms with van der Waals surface area (Å²) in [5.74, 6) is 0.258. The summed E-state index contributed by atoms with van der Waals surface area (Å²) in [6.07, 6.45) is 0. The molecule has 2 aromatic rings. The van der Waals surface area contributed by atoms with Crippen molar-refractivity contribution in [1.82, 2.24) is 0 Å². The van der Waals surface area contributed by atoms with Gasteiger partial charge in [0.05, 0.1) is 12.8 Å². The van der Waals surface area contributed by atoms with Gasteiger partial charge in [-0.3, -0.25) is 0 Å². The van der Waals surface area contributed by atoms with E-state index in [-0.39, 0.29) is 11.6 Å². The maximum absolute atomic E-state index is 13.8. The number of nitrogens with zero attached hydrogens (tertiary/aromatic N) is 1. The summed E-state index contributed by atoms with van der Waals surface area (Å²) in [5.41, 5.74) is 1.23. The molecular formula is C16H18FNO2. The molecule has 0 saturated carbocycles. The molecule has 0 aromatic heterocycles. The number of phenols is 1. The fourth-order valence-corrected chi connectivity index (χ4v) is 2.14. The SMILES string of the molecule is CCN(Cc1cccc(OC)c1O)c1ccccc1F. The largest absolute Gasteiger partial charge is 0.504 e. The number of ether oxygens (including phenoxy) is 1. The Balaban J connectivity index is 2.30. The van der Waals surface area contributed by atoms with Crippen molar-refractivity contribution in [2.24, 2.45) is 0 Å². The topological polar surface area (TPSA) is 32.7 Å². The van der Waals surface area contributed by atoms with Crippen molar-refractivity contribution in [1.29, 1.82) is 0 Å². The number of hydrogen-bond acceptors (Lipinski definition) is 3. The number of halogens is 1. The van der Waals surface area contributed by atoms with E-state index in [2.05, 4.69) is 0 Å². The highest BCUT2D eigenvalue weighted by Gasteiger charge is 2.13. The van der Waals surface area contributed by atoms with Crippen molar-refractivity contribution >= 4 is 5.69 Å².